The monoisotopic (exact) mass is 455 g/mol. The van der Waals surface area contributed by atoms with Crippen molar-refractivity contribution in [2.75, 3.05) is 17.7 Å². The third-order valence-electron chi connectivity index (χ3n) is 4.15. The Hall–Kier alpha value is -3.30. The van der Waals surface area contributed by atoms with Gasteiger partial charge in [0.2, 0.25) is 11.8 Å². The van der Waals surface area contributed by atoms with Crippen molar-refractivity contribution in [2.45, 2.75) is 11.8 Å². The second-order valence-electron chi connectivity index (χ2n) is 6.36. The summed E-state index contributed by atoms with van der Waals surface area (Å²) in [7, 11) is 0. The van der Waals surface area contributed by atoms with Crippen LogP contribution in [0.3, 0.4) is 0 Å². The highest BCUT2D eigenvalue weighted by Gasteiger charge is 2.13. The van der Waals surface area contributed by atoms with Gasteiger partial charge in [0.05, 0.1) is 24.3 Å². The lowest BCUT2D eigenvalue weighted by atomic mass is 10.2. The van der Waals surface area contributed by atoms with Crippen LogP contribution in [0.15, 0.2) is 76.9 Å². The number of rotatable bonds is 9. The van der Waals surface area contributed by atoms with Crippen LogP contribution in [0.2, 0.25) is 5.02 Å². The van der Waals surface area contributed by atoms with Gasteiger partial charge < -0.3 is 19.0 Å². The Morgan fingerprint density at radius 2 is 2.00 bits per heavy atom. The molecular formula is C21H18ClN5O3S. The zero-order valence-electron chi connectivity index (χ0n) is 16.3. The molecule has 0 bridgehead atoms. The van der Waals surface area contributed by atoms with E-state index in [1.807, 2.05) is 29.0 Å². The Labute approximate surface area is 187 Å². The third-order valence-corrected chi connectivity index (χ3v) is 5.22. The lowest BCUT2D eigenvalue weighted by molar-refractivity contribution is -0.113. The van der Waals surface area contributed by atoms with E-state index in [1.165, 1.54) is 0 Å². The van der Waals surface area contributed by atoms with Gasteiger partial charge in [-0.15, -0.1) is 10.2 Å². The number of nitrogens with one attached hydrogen (secondary N) is 1. The minimum Gasteiger partial charge on any atom is -0.490 e. The molecule has 1 amide bonds. The molecule has 4 aromatic rings. The molecule has 0 fully saturated rings. The molecule has 0 saturated carbocycles. The van der Waals surface area contributed by atoms with E-state index in [1.54, 1.807) is 42.9 Å². The first kappa shape index (κ1) is 21.0. The molecule has 0 saturated heterocycles. The fourth-order valence-corrected chi connectivity index (χ4v) is 3.36. The lowest BCUT2D eigenvalue weighted by Crippen LogP contribution is -2.15. The van der Waals surface area contributed by atoms with Crippen molar-refractivity contribution in [3.05, 3.63) is 72.3 Å². The number of para-hydroxylation sites is 2. The minimum absolute atomic E-state index is 0.117. The Morgan fingerprint density at radius 1 is 1.16 bits per heavy atom. The third kappa shape index (κ3) is 5.87. The average Bonchev–Trinajstić information content (AvgIpc) is 3.46. The molecule has 2 aromatic carbocycles. The van der Waals surface area contributed by atoms with Crippen LogP contribution in [0, 0.1) is 0 Å². The van der Waals surface area contributed by atoms with E-state index in [2.05, 4.69) is 20.5 Å². The van der Waals surface area contributed by atoms with Gasteiger partial charge in [-0.3, -0.25) is 4.79 Å². The molecule has 0 aliphatic carbocycles. The number of benzene rings is 2. The number of anilines is 1. The summed E-state index contributed by atoms with van der Waals surface area (Å²) in [6.45, 7) is 1.11. The summed E-state index contributed by atoms with van der Waals surface area (Å²) in [5.74, 6) is 0.882. The van der Waals surface area contributed by atoms with Crippen LogP contribution >= 0.6 is 23.4 Å². The van der Waals surface area contributed by atoms with Crippen LogP contribution in [0.1, 0.15) is 0 Å². The van der Waals surface area contributed by atoms with Crippen LogP contribution in [-0.2, 0) is 11.3 Å². The Morgan fingerprint density at radius 3 is 2.81 bits per heavy atom. The molecule has 158 valence electrons. The summed E-state index contributed by atoms with van der Waals surface area (Å²) in [5, 5.41) is 11.8. The van der Waals surface area contributed by atoms with Crippen molar-refractivity contribution in [1.29, 1.82) is 0 Å². The van der Waals surface area contributed by atoms with Crippen molar-refractivity contribution in [2.24, 2.45) is 0 Å². The molecule has 2 heterocycles. The number of hydrogen-bond acceptors (Lipinski definition) is 7. The largest absolute Gasteiger partial charge is 0.490 e. The van der Waals surface area contributed by atoms with Gasteiger partial charge in [0.25, 0.3) is 5.22 Å². The summed E-state index contributed by atoms with van der Waals surface area (Å²) < 4.78 is 13.3. The van der Waals surface area contributed by atoms with Crippen LogP contribution in [0.25, 0.3) is 11.5 Å². The molecule has 0 atom stereocenters. The van der Waals surface area contributed by atoms with Crippen molar-refractivity contribution in [3.63, 3.8) is 0 Å². The Kier molecular flexibility index (Phi) is 6.85. The number of hydrogen-bond donors (Lipinski definition) is 1. The maximum absolute atomic E-state index is 12.4. The van der Waals surface area contributed by atoms with Crippen LogP contribution < -0.4 is 10.1 Å². The molecule has 10 heteroatoms. The van der Waals surface area contributed by atoms with Gasteiger partial charge in [-0.05, 0) is 36.4 Å². The van der Waals surface area contributed by atoms with Gasteiger partial charge in [-0.25, -0.2) is 4.98 Å². The maximum Gasteiger partial charge on any atom is 0.277 e. The van der Waals surface area contributed by atoms with Crippen LogP contribution in [0.4, 0.5) is 5.69 Å². The van der Waals surface area contributed by atoms with E-state index in [0.717, 1.165) is 17.3 Å². The number of carbonyl (C=O) groups is 1. The molecular weight excluding hydrogens is 438 g/mol. The predicted octanol–water partition coefficient (Wildman–Crippen LogP) is 4.40. The summed E-state index contributed by atoms with van der Waals surface area (Å²) in [6.07, 6.45) is 5.31. The van der Waals surface area contributed by atoms with E-state index in [0.29, 0.717) is 40.7 Å². The second-order valence-corrected chi connectivity index (χ2v) is 7.73. The summed E-state index contributed by atoms with van der Waals surface area (Å²) in [5.41, 5.74) is 1.36. The van der Waals surface area contributed by atoms with E-state index in [-0.39, 0.29) is 11.7 Å². The highest BCUT2D eigenvalue weighted by molar-refractivity contribution is 7.99. The maximum atomic E-state index is 12.4. The molecule has 0 spiro atoms. The number of amides is 1. The number of thioether (sulfide) groups is 1. The fourth-order valence-electron chi connectivity index (χ4n) is 2.67. The molecule has 8 nitrogen and oxygen atoms in total. The predicted molar refractivity (Wildman–Crippen MR) is 118 cm³/mol. The second kappa shape index (κ2) is 10.1. The number of imidazole rings is 1. The molecule has 31 heavy (non-hydrogen) atoms. The topological polar surface area (TPSA) is 95.1 Å². The minimum atomic E-state index is -0.207. The van der Waals surface area contributed by atoms with Crippen LogP contribution in [0.5, 0.6) is 5.75 Å². The van der Waals surface area contributed by atoms with Crippen LogP contribution in [-0.4, -0.2) is 38.0 Å². The molecule has 0 aliphatic rings. The van der Waals surface area contributed by atoms with Gasteiger partial charge in [0, 0.05) is 23.0 Å². The van der Waals surface area contributed by atoms with Crippen molar-refractivity contribution >= 4 is 35.0 Å². The van der Waals surface area contributed by atoms with Crippen molar-refractivity contribution in [3.8, 4) is 17.2 Å². The van der Waals surface area contributed by atoms with Gasteiger partial charge >= 0.3 is 0 Å². The number of aromatic nitrogens is 4. The van der Waals surface area contributed by atoms with Gasteiger partial charge in [-0.2, -0.15) is 0 Å². The summed E-state index contributed by atoms with van der Waals surface area (Å²) >= 11 is 7.05. The van der Waals surface area contributed by atoms with E-state index in [4.69, 9.17) is 20.8 Å². The molecule has 2 aromatic heterocycles. The molecule has 1 N–H and O–H groups in total. The normalized spacial score (nSPS) is 10.7. The number of ether oxygens (including phenoxy) is 1. The summed E-state index contributed by atoms with van der Waals surface area (Å²) in [6, 6.07) is 14.4. The summed E-state index contributed by atoms with van der Waals surface area (Å²) in [4.78, 5) is 16.4. The molecule has 0 unspecified atom stereocenters. The molecule has 0 radical (unpaired) electrons. The first-order valence-corrected chi connectivity index (χ1v) is 10.7. The lowest BCUT2D eigenvalue weighted by Gasteiger charge is -2.12. The van der Waals surface area contributed by atoms with Crippen molar-refractivity contribution in [1.82, 2.24) is 19.7 Å². The Bertz CT molecular complexity index is 1130. The molecule has 4 rings (SSSR count). The van der Waals surface area contributed by atoms with Gasteiger partial charge in [0.15, 0.2) is 0 Å². The average molecular weight is 456 g/mol. The highest BCUT2D eigenvalue weighted by atomic mass is 35.5. The molecule has 0 aliphatic heterocycles. The Balaban J connectivity index is 1.29. The number of halogens is 1. The van der Waals surface area contributed by atoms with E-state index in [9.17, 15) is 4.79 Å². The number of carbonyl (C=O) groups excluding carboxylic acids is 1. The van der Waals surface area contributed by atoms with Gasteiger partial charge in [0.1, 0.15) is 12.4 Å². The van der Waals surface area contributed by atoms with Gasteiger partial charge in [-0.1, -0.05) is 35.5 Å². The fraction of sp³-hybridized carbons (Fsp3) is 0.143. The SMILES string of the molecule is O=C(CSc1nnc(-c2ccc(Cl)cc2)o1)Nc1ccccc1OCCn1ccnc1. The first-order valence-electron chi connectivity index (χ1n) is 9.37. The quantitative estimate of drug-likeness (QED) is 0.374. The number of nitrogens with zero attached hydrogens (tertiary/aromatic N) is 4. The van der Waals surface area contributed by atoms with E-state index < -0.39 is 0 Å². The standard InChI is InChI=1S/C21H18ClN5O3S/c22-16-7-5-15(6-8-16)20-25-26-21(30-20)31-13-19(28)24-17-3-1-2-4-18(17)29-12-11-27-10-9-23-14-27/h1-10,14H,11-13H2,(H,24,28). The first-order chi connectivity index (χ1) is 15.2. The highest BCUT2D eigenvalue weighted by Crippen LogP contribution is 2.26. The zero-order valence-corrected chi connectivity index (χ0v) is 17.8. The smallest absolute Gasteiger partial charge is 0.277 e. The zero-order chi connectivity index (χ0) is 21.5. The van der Waals surface area contributed by atoms with Crippen molar-refractivity contribution < 1.29 is 13.9 Å². The van der Waals surface area contributed by atoms with E-state index >= 15 is 0 Å².